The van der Waals surface area contributed by atoms with Gasteiger partial charge < -0.3 is 4.43 Å². The molecule has 0 rings (SSSR count). The van der Waals surface area contributed by atoms with Gasteiger partial charge in [0.25, 0.3) is 0 Å². The van der Waals surface area contributed by atoms with Gasteiger partial charge in [0, 0.05) is 14.2 Å². The van der Waals surface area contributed by atoms with E-state index in [2.05, 4.69) is 41.4 Å². The molecule has 0 saturated heterocycles. The van der Waals surface area contributed by atoms with Crippen LogP contribution in [0.3, 0.4) is 0 Å². The van der Waals surface area contributed by atoms with Crippen molar-refractivity contribution in [2.75, 3.05) is 7.11 Å². The molecule has 0 spiro atoms. The van der Waals surface area contributed by atoms with E-state index in [0.717, 1.165) is 23.9 Å². The van der Waals surface area contributed by atoms with Crippen LogP contribution in [0.4, 0.5) is 0 Å². The number of rotatable bonds is 5. The van der Waals surface area contributed by atoms with Crippen LogP contribution in [0.5, 0.6) is 0 Å². The van der Waals surface area contributed by atoms with E-state index < -0.39 is 9.76 Å². The number of hydrogen-bond acceptors (Lipinski definition) is 2. The summed E-state index contributed by atoms with van der Waals surface area (Å²) >= 11 is 0. The number of nitrogens with zero attached hydrogens (tertiary/aromatic N) is 1. The molecule has 0 radical (unpaired) electrons. The van der Waals surface area contributed by atoms with Gasteiger partial charge in [0.15, 0.2) is 0 Å². The third-order valence-electron chi connectivity index (χ3n) is 1.58. The first kappa shape index (κ1) is 13.7. The molecule has 0 bridgehead atoms. The Labute approximate surface area is 95.5 Å². The summed E-state index contributed by atoms with van der Waals surface area (Å²) in [6, 6.07) is 0. The Balaban J connectivity index is 0. The maximum atomic E-state index is 5.14. The van der Waals surface area contributed by atoms with Gasteiger partial charge in [-0.05, 0) is 37.1 Å². The fourth-order valence-electron chi connectivity index (χ4n) is 1.03. The van der Waals surface area contributed by atoms with Gasteiger partial charge in [-0.1, -0.05) is 19.1 Å². The number of hydrogen-bond donors (Lipinski definition) is 0. The highest BCUT2D eigenvalue weighted by Gasteiger charge is 1.95. The van der Waals surface area contributed by atoms with E-state index in [4.69, 9.17) is 4.43 Å². The molecular formula is C12H19NOSi. The van der Waals surface area contributed by atoms with Gasteiger partial charge in [-0.2, -0.15) is 0 Å². The van der Waals surface area contributed by atoms with E-state index >= 15 is 0 Å². The predicted octanol–water partition coefficient (Wildman–Crippen LogP) is 2.32. The van der Waals surface area contributed by atoms with Gasteiger partial charge in [0.1, 0.15) is 0 Å². The Hall–Kier alpha value is -1.29. The zero-order chi connectivity index (χ0) is 11.5. The highest BCUT2D eigenvalue weighted by atomic mass is 28.2. The van der Waals surface area contributed by atoms with Crippen molar-refractivity contribution in [1.82, 2.24) is 0 Å². The molecule has 0 aliphatic heterocycles. The van der Waals surface area contributed by atoms with Crippen molar-refractivity contribution in [3.05, 3.63) is 34.8 Å². The van der Waals surface area contributed by atoms with Gasteiger partial charge in [0.05, 0.1) is 5.32 Å². The highest BCUT2D eigenvalue weighted by molar-refractivity contribution is 6.38. The highest BCUT2D eigenvalue weighted by Crippen LogP contribution is 1.98. The smallest absolute Gasteiger partial charge is 0.222 e. The van der Waals surface area contributed by atoms with Crippen molar-refractivity contribution in [3.8, 4) is 0 Å². The first-order valence-electron chi connectivity index (χ1n) is 4.91. The summed E-state index contributed by atoms with van der Waals surface area (Å²) in [5.74, 6) is 0. The standard InChI is InChI=1S/C12H17NOSi.H2/c1-5-7-8-10-12(15-14-4)13-11(3)9-6-2;/h1,6,9,15H2,2-4H3;1H. The fourth-order valence-corrected chi connectivity index (χ4v) is 1.80. The Bertz CT molecular complexity index is 378. The first-order valence-corrected chi connectivity index (χ1v) is 6.20. The predicted molar refractivity (Wildman–Crippen MR) is 68.9 cm³/mol. The minimum atomic E-state index is -0.785. The van der Waals surface area contributed by atoms with Crippen molar-refractivity contribution in [3.63, 3.8) is 0 Å². The summed E-state index contributed by atoms with van der Waals surface area (Å²) in [6.45, 7) is 7.54. The molecule has 0 unspecified atom stereocenters. The zero-order valence-electron chi connectivity index (χ0n) is 9.68. The lowest BCUT2D eigenvalue weighted by atomic mass is 10.2. The van der Waals surface area contributed by atoms with Gasteiger partial charge in [-0.25, -0.2) is 0 Å². The topological polar surface area (TPSA) is 21.6 Å². The molecule has 0 saturated carbocycles. The summed E-state index contributed by atoms with van der Waals surface area (Å²) in [5.41, 5.74) is 11.8. The maximum absolute atomic E-state index is 5.14. The van der Waals surface area contributed by atoms with Gasteiger partial charge in [-0.3, -0.25) is 4.99 Å². The quantitative estimate of drug-likeness (QED) is 0.396. The minimum Gasteiger partial charge on any atom is -0.419 e. The summed E-state index contributed by atoms with van der Waals surface area (Å²) < 4.78 is 5.14. The van der Waals surface area contributed by atoms with Crippen LogP contribution in [-0.4, -0.2) is 22.6 Å². The van der Waals surface area contributed by atoms with E-state index in [0.29, 0.717) is 0 Å². The molecule has 0 N–H and O–H groups in total. The van der Waals surface area contributed by atoms with Crippen LogP contribution in [0.25, 0.3) is 0 Å². The van der Waals surface area contributed by atoms with Crippen molar-refractivity contribution in [1.29, 1.82) is 0 Å². The van der Waals surface area contributed by atoms with E-state index in [1.165, 1.54) is 0 Å². The van der Waals surface area contributed by atoms with E-state index in [1.807, 2.05) is 6.92 Å². The van der Waals surface area contributed by atoms with Crippen LogP contribution in [0.1, 0.15) is 28.1 Å². The van der Waals surface area contributed by atoms with Gasteiger partial charge in [-0.15, -0.1) is 0 Å². The lowest BCUT2D eigenvalue weighted by molar-refractivity contribution is 0.447. The zero-order valence-corrected chi connectivity index (χ0v) is 11.1. The monoisotopic (exact) mass is 221 g/mol. The molecule has 0 aromatic heterocycles. The third-order valence-corrected chi connectivity index (χ3v) is 2.47. The average molecular weight is 221 g/mol. The summed E-state index contributed by atoms with van der Waals surface area (Å²) in [5, 5.41) is 0.853. The molecule has 0 fully saturated rings. The normalized spacial score (nSPS) is 10.5. The van der Waals surface area contributed by atoms with Gasteiger partial charge >= 0.3 is 0 Å². The second-order valence-electron chi connectivity index (χ2n) is 3.03. The van der Waals surface area contributed by atoms with Crippen LogP contribution >= 0.6 is 0 Å². The first-order chi connectivity index (χ1) is 7.24. The van der Waals surface area contributed by atoms with Crippen LogP contribution < -0.4 is 0 Å². The SMILES string of the molecule is C=C=C=C=C=C(N=C(C)CCC)[SiH2]OC.[HH]. The summed E-state index contributed by atoms with van der Waals surface area (Å²) in [7, 11) is 0.901. The number of aliphatic imine (C=N–C) groups is 1. The van der Waals surface area contributed by atoms with Gasteiger partial charge in [0.2, 0.25) is 9.76 Å². The Kier molecular flexibility index (Phi) is 8.47. The fraction of sp³-hybridized carbons (Fsp3) is 0.417. The van der Waals surface area contributed by atoms with E-state index in [9.17, 15) is 0 Å². The molecule has 0 aliphatic rings. The lowest BCUT2D eigenvalue weighted by Crippen LogP contribution is -1.99. The minimum absolute atomic E-state index is 0. The van der Waals surface area contributed by atoms with Crippen molar-refractivity contribution < 1.29 is 5.85 Å². The van der Waals surface area contributed by atoms with Crippen LogP contribution in [0, 0.1) is 0 Å². The summed E-state index contributed by atoms with van der Waals surface area (Å²) in [4.78, 5) is 4.44. The molecule has 0 aromatic rings. The van der Waals surface area contributed by atoms with Crippen molar-refractivity contribution in [2.45, 2.75) is 26.7 Å². The lowest BCUT2D eigenvalue weighted by Gasteiger charge is -1.98. The van der Waals surface area contributed by atoms with Crippen molar-refractivity contribution in [2.24, 2.45) is 4.99 Å². The van der Waals surface area contributed by atoms with Crippen LogP contribution in [0.15, 0.2) is 39.8 Å². The summed E-state index contributed by atoms with van der Waals surface area (Å²) in [6.07, 6.45) is 2.10. The molecule has 2 nitrogen and oxygen atoms in total. The molecular weight excluding hydrogens is 202 g/mol. The molecule has 0 amide bonds. The Morgan fingerprint density at radius 1 is 1.53 bits per heavy atom. The molecule has 0 aliphatic carbocycles. The molecule has 0 atom stereocenters. The van der Waals surface area contributed by atoms with E-state index in [1.54, 1.807) is 7.11 Å². The third kappa shape index (κ3) is 7.75. The maximum Gasteiger partial charge on any atom is 0.222 e. The Morgan fingerprint density at radius 2 is 2.27 bits per heavy atom. The van der Waals surface area contributed by atoms with Crippen molar-refractivity contribution >= 4 is 15.5 Å². The second kappa shape index (κ2) is 9.27. The second-order valence-corrected chi connectivity index (χ2v) is 4.56. The molecule has 3 heteroatoms. The molecule has 15 heavy (non-hydrogen) atoms. The molecule has 0 heterocycles. The van der Waals surface area contributed by atoms with E-state index in [-0.39, 0.29) is 1.43 Å². The molecule has 0 aromatic carbocycles. The average Bonchev–Trinajstić information content (AvgIpc) is 2.18. The molecule has 82 valence electrons. The Morgan fingerprint density at radius 3 is 2.80 bits per heavy atom. The van der Waals surface area contributed by atoms with Crippen LogP contribution in [-0.2, 0) is 4.43 Å². The largest absolute Gasteiger partial charge is 0.419 e. The van der Waals surface area contributed by atoms with Crippen LogP contribution in [0.2, 0.25) is 0 Å².